The standard InChI is InChI=1S/C20H16N4O2/c25-19(21-17-6-2-1-3-7-17)16-11-9-15(10-12-16)14-24-20(26)23-13-5-4-8-18(23)22-24/h1-13H,14H2,(H,21,25). The lowest BCUT2D eigenvalue weighted by Crippen LogP contribution is -2.21. The fourth-order valence-electron chi connectivity index (χ4n) is 2.73. The molecule has 4 aromatic rings. The number of nitrogens with one attached hydrogen (secondary N) is 1. The van der Waals surface area contributed by atoms with Gasteiger partial charge in [0.05, 0.1) is 6.54 Å². The zero-order chi connectivity index (χ0) is 17.9. The molecule has 0 aliphatic rings. The molecule has 26 heavy (non-hydrogen) atoms. The van der Waals surface area contributed by atoms with E-state index < -0.39 is 0 Å². The van der Waals surface area contributed by atoms with Crippen LogP contribution in [0.15, 0.2) is 83.8 Å². The summed E-state index contributed by atoms with van der Waals surface area (Å²) in [5.41, 5.74) is 2.62. The van der Waals surface area contributed by atoms with E-state index in [-0.39, 0.29) is 11.6 Å². The van der Waals surface area contributed by atoms with E-state index in [1.807, 2.05) is 48.5 Å². The van der Waals surface area contributed by atoms with Crippen LogP contribution in [0.1, 0.15) is 15.9 Å². The third-order valence-corrected chi connectivity index (χ3v) is 4.07. The number of pyridine rings is 1. The lowest BCUT2D eigenvalue weighted by molar-refractivity contribution is 0.102. The molecule has 2 aromatic heterocycles. The number of hydrogen-bond donors (Lipinski definition) is 1. The van der Waals surface area contributed by atoms with Crippen molar-refractivity contribution in [2.24, 2.45) is 0 Å². The van der Waals surface area contributed by atoms with Crippen LogP contribution >= 0.6 is 0 Å². The number of carbonyl (C=O) groups is 1. The van der Waals surface area contributed by atoms with Gasteiger partial charge in [-0.1, -0.05) is 36.4 Å². The highest BCUT2D eigenvalue weighted by atomic mass is 16.2. The van der Waals surface area contributed by atoms with Gasteiger partial charge in [0.15, 0.2) is 5.65 Å². The van der Waals surface area contributed by atoms with Crippen molar-refractivity contribution in [3.8, 4) is 0 Å². The van der Waals surface area contributed by atoms with Gasteiger partial charge in [-0.25, -0.2) is 9.48 Å². The van der Waals surface area contributed by atoms with Gasteiger partial charge < -0.3 is 5.32 Å². The van der Waals surface area contributed by atoms with Gasteiger partial charge in [0, 0.05) is 17.4 Å². The zero-order valence-electron chi connectivity index (χ0n) is 13.9. The lowest BCUT2D eigenvalue weighted by Gasteiger charge is -2.06. The van der Waals surface area contributed by atoms with Crippen molar-refractivity contribution in [3.05, 3.63) is 101 Å². The third kappa shape index (κ3) is 3.12. The maximum absolute atomic E-state index is 12.3. The van der Waals surface area contributed by atoms with E-state index in [4.69, 9.17) is 0 Å². The van der Waals surface area contributed by atoms with Crippen molar-refractivity contribution < 1.29 is 4.79 Å². The van der Waals surface area contributed by atoms with Crippen LogP contribution in [-0.4, -0.2) is 20.1 Å². The van der Waals surface area contributed by atoms with Crippen molar-refractivity contribution in [1.82, 2.24) is 14.2 Å². The first-order valence-corrected chi connectivity index (χ1v) is 8.20. The second-order valence-electron chi connectivity index (χ2n) is 5.89. The Balaban J connectivity index is 1.51. The number of fused-ring (bicyclic) bond motifs is 1. The second-order valence-corrected chi connectivity index (χ2v) is 5.89. The molecule has 0 radical (unpaired) electrons. The normalized spacial score (nSPS) is 10.8. The molecule has 1 N–H and O–H groups in total. The summed E-state index contributed by atoms with van der Waals surface area (Å²) in [7, 11) is 0. The average Bonchev–Trinajstić information content (AvgIpc) is 2.99. The molecule has 4 rings (SSSR count). The second kappa shape index (κ2) is 6.68. The number of amides is 1. The van der Waals surface area contributed by atoms with Crippen LogP contribution in [0.2, 0.25) is 0 Å². The molecule has 0 fully saturated rings. The van der Waals surface area contributed by atoms with Crippen LogP contribution in [0, 0.1) is 0 Å². The summed E-state index contributed by atoms with van der Waals surface area (Å²) in [5.74, 6) is -0.173. The summed E-state index contributed by atoms with van der Waals surface area (Å²) >= 11 is 0. The molecule has 6 nitrogen and oxygen atoms in total. The van der Waals surface area contributed by atoms with Crippen molar-refractivity contribution in [1.29, 1.82) is 0 Å². The summed E-state index contributed by atoms with van der Waals surface area (Å²) < 4.78 is 2.91. The van der Waals surface area contributed by atoms with Crippen molar-refractivity contribution >= 4 is 17.2 Å². The summed E-state index contributed by atoms with van der Waals surface area (Å²) in [6.07, 6.45) is 1.69. The highest BCUT2D eigenvalue weighted by Gasteiger charge is 2.08. The molecule has 2 aromatic carbocycles. The maximum atomic E-state index is 12.3. The van der Waals surface area contributed by atoms with E-state index in [9.17, 15) is 9.59 Å². The summed E-state index contributed by atoms with van der Waals surface area (Å²) in [6, 6.07) is 21.9. The smallest absolute Gasteiger partial charge is 0.322 e. The van der Waals surface area contributed by atoms with E-state index in [1.54, 1.807) is 30.5 Å². The highest BCUT2D eigenvalue weighted by molar-refractivity contribution is 6.04. The van der Waals surface area contributed by atoms with Gasteiger partial charge in [-0.05, 0) is 42.0 Å². The summed E-state index contributed by atoms with van der Waals surface area (Å²) in [5, 5.41) is 7.15. The number of aromatic nitrogens is 3. The van der Waals surface area contributed by atoms with Crippen LogP contribution in [0.25, 0.3) is 5.65 Å². The molecule has 2 heterocycles. The maximum Gasteiger partial charge on any atom is 0.350 e. The van der Waals surface area contributed by atoms with E-state index in [0.29, 0.717) is 17.8 Å². The fraction of sp³-hybridized carbons (Fsp3) is 0.0500. The predicted molar refractivity (Wildman–Crippen MR) is 99.4 cm³/mol. The van der Waals surface area contributed by atoms with Crippen LogP contribution in [0.3, 0.4) is 0 Å². The quantitative estimate of drug-likeness (QED) is 0.619. The Morgan fingerprint density at radius 3 is 2.38 bits per heavy atom. The first-order chi connectivity index (χ1) is 12.7. The predicted octanol–water partition coefficient (Wildman–Crippen LogP) is 2.80. The third-order valence-electron chi connectivity index (χ3n) is 4.07. The van der Waals surface area contributed by atoms with Gasteiger partial charge in [-0.3, -0.25) is 9.20 Å². The molecule has 1 amide bonds. The van der Waals surface area contributed by atoms with Gasteiger partial charge in [-0.2, -0.15) is 0 Å². The van der Waals surface area contributed by atoms with E-state index in [2.05, 4.69) is 10.4 Å². The summed E-state index contributed by atoms with van der Waals surface area (Å²) in [6.45, 7) is 0.348. The molecule has 0 unspecified atom stereocenters. The first kappa shape index (κ1) is 15.8. The Labute approximate surface area is 149 Å². The van der Waals surface area contributed by atoms with Crippen LogP contribution in [0.5, 0.6) is 0 Å². The van der Waals surface area contributed by atoms with Gasteiger partial charge in [0.1, 0.15) is 0 Å². The van der Waals surface area contributed by atoms with Crippen molar-refractivity contribution in [2.45, 2.75) is 6.54 Å². The molecule has 0 saturated carbocycles. The molecule has 0 saturated heterocycles. The number of hydrogen-bond acceptors (Lipinski definition) is 3. The van der Waals surface area contributed by atoms with E-state index >= 15 is 0 Å². The van der Waals surface area contributed by atoms with E-state index in [1.165, 1.54) is 9.08 Å². The van der Waals surface area contributed by atoms with Crippen LogP contribution in [0.4, 0.5) is 5.69 Å². The molecule has 0 bridgehead atoms. The molecular weight excluding hydrogens is 328 g/mol. The number of anilines is 1. The Morgan fingerprint density at radius 2 is 1.65 bits per heavy atom. The SMILES string of the molecule is O=C(Nc1ccccc1)c1ccc(Cn2nc3ccccn3c2=O)cc1. The summed E-state index contributed by atoms with van der Waals surface area (Å²) in [4.78, 5) is 24.6. The fourth-order valence-corrected chi connectivity index (χ4v) is 2.73. The van der Waals surface area contributed by atoms with Gasteiger partial charge >= 0.3 is 5.69 Å². The molecular formula is C20H16N4O2. The Kier molecular flexibility index (Phi) is 4.07. The zero-order valence-corrected chi connectivity index (χ0v) is 13.9. The topological polar surface area (TPSA) is 68.4 Å². The largest absolute Gasteiger partial charge is 0.350 e. The van der Waals surface area contributed by atoms with Crippen molar-refractivity contribution in [3.63, 3.8) is 0 Å². The molecule has 0 aliphatic heterocycles. The average molecular weight is 344 g/mol. The monoisotopic (exact) mass is 344 g/mol. The molecule has 6 heteroatoms. The van der Waals surface area contributed by atoms with Crippen LogP contribution < -0.4 is 11.0 Å². The Morgan fingerprint density at radius 1 is 0.923 bits per heavy atom. The lowest BCUT2D eigenvalue weighted by atomic mass is 10.1. The molecule has 128 valence electrons. The molecule has 0 aliphatic carbocycles. The number of carbonyl (C=O) groups excluding carboxylic acids is 1. The first-order valence-electron chi connectivity index (χ1n) is 8.20. The van der Waals surface area contributed by atoms with Gasteiger partial charge in [-0.15, -0.1) is 5.10 Å². The minimum atomic E-state index is -0.188. The van der Waals surface area contributed by atoms with Gasteiger partial charge in [0.25, 0.3) is 5.91 Å². The number of rotatable bonds is 4. The van der Waals surface area contributed by atoms with Gasteiger partial charge in [0.2, 0.25) is 0 Å². The number of benzene rings is 2. The van der Waals surface area contributed by atoms with Crippen LogP contribution in [-0.2, 0) is 6.54 Å². The Hall–Kier alpha value is -3.67. The highest BCUT2D eigenvalue weighted by Crippen LogP contribution is 2.10. The van der Waals surface area contributed by atoms with E-state index in [0.717, 1.165) is 11.3 Å². The minimum absolute atomic E-state index is 0.173. The van der Waals surface area contributed by atoms with Crippen molar-refractivity contribution in [2.75, 3.05) is 5.32 Å². The minimum Gasteiger partial charge on any atom is -0.322 e. The Bertz CT molecular complexity index is 1110. The molecule has 0 atom stereocenters. The number of para-hydroxylation sites is 1. The molecule has 0 spiro atoms. The number of nitrogens with zero attached hydrogens (tertiary/aromatic N) is 3.